The number of amides is 1. The molecular formula is C21H24N2O2. The summed E-state index contributed by atoms with van der Waals surface area (Å²) in [6, 6.07) is 11.7. The molecule has 1 aromatic carbocycles. The fraction of sp³-hybridized carbons (Fsp3) is 0.381. The number of nitrogens with one attached hydrogen (secondary N) is 1. The molecule has 1 aliphatic rings. The van der Waals surface area contributed by atoms with E-state index in [0.29, 0.717) is 12.1 Å². The predicted molar refractivity (Wildman–Crippen MR) is 97.7 cm³/mol. The molecular weight excluding hydrogens is 312 g/mol. The van der Waals surface area contributed by atoms with Crippen LogP contribution in [0.1, 0.15) is 60.3 Å². The van der Waals surface area contributed by atoms with Crippen molar-refractivity contribution in [2.45, 2.75) is 51.5 Å². The number of fused-ring (bicyclic) bond motifs is 1. The largest absolute Gasteiger partial charge is 0.346 e. The Labute approximate surface area is 148 Å². The molecule has 1 N–H and O–H groups in total. The second-order valence-corrected chi connectivity index (χ2v) is 7.69. The van der Waals surface area contributed by atoms with E-state index in [1.165, 1.54) is 5.56 Å². The molecule has 1 atom stereocenters. The first-order chi connectivity index (χ1) is 11.8. The van der Waals surface area contributed by atoms with Crippen LogP contribution in [-0.2, 0) is 17.6 Å². The highest BCUT2D eigenvalue weighted by molar-refractivity contribution is 5.93. The summed E-state index contributed by atoms with van der Waals surface area (Å²) in [6.45, 7) is 5.78. The third-order valence-corrected chi connectivity index (χ3v) is 4.45. The van der Waals surface area contributed by atoms with Gasteiger partial charge in [-0.05, 0) is 62.4 Å². The Morgan fingerprint density at radius 2 is 1.96 bits per heavy atom. The maximum absolute atomic E-state index is 12.8. The Balaban J connectivity index is 1.73. The van der Waals surface area contributed by atoms with Crippen LogP contribution in [0, 0.1) is 0 Å². The number of hydrogen-bond donors (Lipinski definition) is 1. The highest BCUT2D eigenvalue weighted by Crippen LogP contribution is 2.34. The van der Waals surface area contributed by atoms with Crippen molar-refractivity contribution in [1.29, 1.82) is 0 Å². The van der Waals surface area contributed by atoms with Crippen molar-refractivity contribution in [2.24, 2.45) is 0 Å². The van der Waals surface area contributed by atoms with E-state index in [4.69, 9.17) is 0 Å². The van der Waals surface area contributed by atoms with Gasteiger partial charge >= 0.3 is 0 Å². The topological polar surface area (TPSA) is 59.1 Å². The van der Waals surface area contributed by atoms with Crippen LogP contribution in [0.15, 0.2) is 42.6 Å². The highest BCUT2D eigenvalue weighted by Gasteiger charge is 2.28. The minimum absolute atomic E-state index is 0.0313. The van der Waals surface area contributed by atoms with E-state index in [-0.39, 0.29) is 23.1 Å². The Morgan fingerprint density at radius 3 is 2.72 bits per heavy atom. The van der Waals surface area contributed by atoms with Crippen LogP contribution in [0.25, 0.3) is 0 Å². The molecule has 1 heterocycles. The SMILES string of the molecule is CC(C)(C)NC(=O)c1cc(CC(=O)[C@H]2CCc3ccccc32)ccn1. The number of hydrogen-bond acceptors (Lipinski definition) is 3. The van der Waals surface area contributed by atoms with Gasteiger partial charge in [0.15, 0.2) is 0 Å². The van der Waals surface area contributed by atoms with Crippen LogP contribution >= 0.6 is 0 Å². The fourth-order valence-corrected chi connectivity index (χ4v) is 3.33. The zero-order valence-electron chi connectivity index (χ0n) is 15.0. The number of benzene rings is 1. The van der Waals surface area contributed by atoms with Crippen molar-refractivity contribution in [2.75, 3.05) is 0 Å². The van der Waals surface area contributed by atoms with Crippen molar-refractivity contribution in [1.82, 2.24) is 10.3 Å². The maximum atomic E-state index is 12.8. The number of carbonyl (C=O) groups excluding carboxylic acids is 2. The van der Waals surface area contributed by atoms with Crippen molar-refractivity contribution in [3.63, 3.8) is 0 Å². The predicted octanol–water partition coefficient (Wildman–Crippen LogP) is 3.45. The van der Waals surface area contributed by atoms with Gasteiger partial charge in [0.25, 0.3) is 5.91 Å². The zero-order chi connectivity index (χ0) is 18.0. The highest BCUT2D eigenvalue weighted by atomic mass is 16.2. The molecule has 1 amide bonds. The lowest BCUT2D eigenvalue weighted by atomic mass is 9.92. The number of Topliss-reactive ketones (excluding diaryl/α,β-unsaturated/α-hetero) is 1. The number of pyridine rings is 1. The van der Waals surface area contributed by atoms with Crippen molar-refractivity contribution >= 4 is 11.7 Å². The third-order valence-electron chi connectivity index (χ3n) is 4.45. The van der Waals surface area contributed by atoms with E-state index < -0.39 is 0 Å². The first-order valence-corrected chi connectivity index (χ1v) is 8.71. The van der Waals surface area contributed by atoms with Crippen LogP contribution in [0.4, 0.5) is 0 Å². The van der Waals surface area contributed by atoms with Crippen molar-refractivity contribution in [3.05, 3.63) is 65.0 Å². The molecule has 1 aromatic heterocycles. The monoisotopic (exact) mass is 336 g/mol. The average molecular weight is 336 g/mol. The Hall–Kier alpha value is -2.49. The maximum Gasteiger partial charge on any atom is 0.270 e. The molecule has 0 fully saturated rings. The second kappa shape index (κ2) is 6.79. The van der Waals surface area contributed by atoms with Gasteiger partial charge in [-0.2, -0.15) is 0 Å². The Morgan fingerprint density at radius 1 is 1.20 bits per heavy atom. The molecule has 2 aromatic rings. The summed E-state index contributed by atoms with van der Waals surface area (Å²) in [7, 11) is 0. The average Bonchev–Trinajstić information content (AvgIpc) is 2.97. The number of nitrogens with zero attached hydrogens (tertiary/aromatic N) is 1. The summed E-state index contributed by atoms with van der Waals surface area (Å²) in [5.41, 5.74) is 3.31. The number of aryl methyl sites for hydroxylation is 1. The van der Waals surface area contributed by atoms with Gasteiger partial charge in [-0.1, -0.05) is 24.3 Å². The van der Waals surface area contributed by atoms with E-state index in [1.807, 2.05) is 39.0 Å². The molecule has 4 heteroatoms. The van der Waals surface area contributed by atoms with Crippen molar-refractivity contribution < 1.29 is 9.59 Å². The number of carbonyl (C=O) groups is 2. The summed E-state index contributed by atoms with van der Waals surface area (Å²) in [5, 5.41) is 2.90. The van der Waals surface area contributed by atoms with Crippen molar-refractivity contribution in [3.8, 4) is 0 Å². The van der Waals surface area contributed by atoms with E-state index in [0.717, 1.165) is 24.0 Å². The lowest BCUT2D eigenvalue weighted by molar-refractivity contribution is -0.119. The summed E-state index contributed by atoms with van der Waals surface area (Å²) < 4.78 is 0. The Kier molecular flexibility index (Phi) is 4.71. The Bertz CT molecular complexity index is 806. The minimum Gasteiger partial charge on any atom is -0.346 e. The lowest BCUT2D eigenvalue weighted by Crippen LogP contribution is -2.40. The molecule has 0 bridgehead atoms. The molecule has 0 unspecified atom stereocenters. The molecule has 0 saturated carbocycles. The smallest absolute Gasteiger partial charge is 0.270 e. The lowest BCUT2D eigenvalue weighted by Gasteiger charge is -2.20. The standard InChI is InChI=1S/C21H24N2O2/c1-21(2,3)23-20(25)18-12-14(10-11-22-18)13-19(24)17-9-8-15-6-4-5-7-16(15)17/h4-7,10-12,17H,8-9,13H2,1-3H3,(H,23,25)/t17-/m0/s1. The number of aromatic nitrogens is 1. The minimum atomic E-state index is -0.321. The quantitative estimate of drug-likeness (QED) is 0.930. The normalized spacial score (nSPS) is 16.4. The second-order valence-electron chi connectivity index (χ2n) is 7.69. The molecule has 130 valence electrons. The molecule has 4 nitrogen and oxygen atoms in total. The first kappa shape index (κ1) is 17.3. The molecule has 0 spiro atoms. The summed E-state index contributed by atoms with van der Waals surface area (Å²) >= 11 is 0. The van der Waals surface area contributed by atoms with Gasteiger partial charge in [0.1, 0.15) is 11.5 Å². The molecule has 0 radical (unpaired) electrons. The van der Waals surface area contributed by atoms with Crippen LogP contribution in [-0.4, -0.2) is 22.2 Å². The summed E-state index contributed by atoms with van der Waals surface area (Å²) in [4.78, 5) is 29.2. The molecule has 25 heavy (non-hydrogen) atoms. The van der Waals surface area contributed by atoms with Gasteiger partial charge < -0.3 is 5.32 Å². The van der Waals surface area contributed by atoms with Gasteiger partial charge in [-0.15, -0.1) is 0 Å². The van der Waals surface area contributed by atoms with Gasteiger partial charge in [0, 0.05) is 24.1 Å². The van der Waals surface area contributed by atoms with E-state index in [9.17, 15) is 9.59 Å². The van der Waals surface area contributed by atoms with Crippen LogP contribution in [0.2, 0.25) is 0 Å². The molecule has 1 aliphatic carbocycles. The van der Waals surface area contributed by atoms with E-state index in [1.54, 1.807) is 12.3 Å². The van der Waals surface area contributed by atoms with Crippen LogP contribution in [0.3, 0.4) is 0 Å². The summed E-state index contributed by atoms with van der Waals surface area (Å²) in [5.74, 6) is -0.0393. The van der Waals surface area contributed by atoms with Gasteiger partial charge in [-0.25, -0.2) is 0 Å². The van der Waals surface area contributed by atoms with Gasteiger partial charge in [-0.3, -0.25) is 14.6 Å². The van der Waals surface area contributed by atoms with Crippen LogP contribution in [0.5, 0.6) is 0 Å². The van der Waals surface area contributed by atoms with Crippen LogP contribution < -0.4 is 5.32 Å². The fourth-order valence-electron chi connectivity index (χ4n) is 3.33. The summed E-state index contributed by atoms with van der Waals surface area (Å²) in [6.07, 6.45) is 3.77. The molecule has 0 saturated heterocycles. The molecule has 0 aliphatic heterocycles. The van der Waals surface area contributed by atoms with Gasteiger partial charge in [0.2, 0.25) is 0 Å². The van der Waals surface area contributed by atoms with Gasteiger partial charge in [0.05, 0.1) is 0 Å². The molecule has 3 rings (SSSR count). The first-order valence-electron chi connectivity index (χ1n) is 8.71. The number of ketones is 1. The van der Waals surface area contributed by atoms with E-state index >= 15 is 0 Å². The number of rotatable bonds is 4. The van der Waals surface area contributed by atoms with E-state index in [2.05, 4.69) is 22.4 Å². The zero-order valence-corrected chi connectivity index (χ0v) is 15.0. The third kappa shape index (κ3) is 4.13.